The van der Waals surface area contributed by atoms with Gasteiger partial charge in [0.2, 0.25) is 5.91 Å². The molecule has 0 spiro atoms. The van der Waals surface area contributed by atoms with Crippen LogP contribution in [0.3, 0.4) is 0 Å². The largest absolute Gasteiger partial charge is 0.490 e. The molecule has 29 heavy (non-hydrogen) atoms. The van der Waals surface area contributed by atoms with Gasteiger partial charge in [-0.2, -0.15) is 0 Å². The third-order valence-corrected chi connectivity index (χ3v) is 5.16. The monoisotopic (exact) mass is 396 g/mol. The predicted molar refractivity (Wildman–Crippen MR) is 115 cm³/mol. The van der Waals surface area contributed by atoms with Gasteiger partial charge in [0.1, 0.15) is 0 Å². The second-order valence-electron chi connectivity index (χ2n) is 7.44. The molecule has 5 heteroatoms. The highest BCUT2D eigenvalue weighted by molar-refractivity contribution is 5.76. The van der Waals surface area contributed by atoms with Crippen molar-refractivity contribution in [3.8, 4) is 11.5 Å². The van der Waals surface area contributed by atoms with E-state index in [2.05, 4.69) is 34.5 Å². The Kier molecular flexibility index (Phi) is 8.38. The molecule has 1 saturated heterocycles. The van der Waals surface area contributed by atoms with Crippen molar-refractivity contribution < 1.29 is 14.3 Å². The van der Waals surface area contributed by atoms with Crippen molar-refractivity contribution in [3.05, 3.63) is 60.2 Å². The minimum absolute atomic E-state index is 0.119. The molecule has 2 aromatic carbocycles. The van der Waals surface area contributed by atoms with Gasteiger partial charge in [0.25, 0.3) is 0 Å². The normalized spacial score (nSPS) is 15.1. The number of benzene rings is 2. The van der Waals surface area contributed by atoms with E-state index in [4.69, 9.17) is 9.47 Å². The van der Waals surface area contributed by atoms with Crippen molar-refractivity contribution in [1.82, 2.24) is 10.2 Å². The molecule has 1 N–H and O–H groups in total. The highest BCUT2D eigenvalue weighted by Crippen LogP contribution is 2.26. The molecule has 0 aliphatic carbocycles. The standard InChI is InChI=1S/C24H32N2O3/c1-2-28-22-11-6-7-12-23(22)29-18-8-13-24(27)25-21-14-16-26(17-15-21)19-20-9-4-3-5-10-20/h3-7,9-12,21H,2,8,13-19H2,1H3,(H,25,27). The van der Waals surface area contributed by atoms with Crippen LogP contribution >= 0.6 is 0 Å². The third kappa shape index (κ3) is 7.09. The lowest BCUT2D eigenvalue weighted by Crippen LogP contribution is -2.44. The molecule has 0 radical (unpaired) electrons. The van der Waals surface area contributed by atoms with Crippen molar-refractivity contribution in [1.29, 1.82) is 0 Å². The maximum absolute atomic E-state index is 12.3. The van der Waals surface area contributed by atoms with Crippen molar-refractivity contribution in [2.75, 3.05) is 26.3 Å². The Morgan fingerprint density at radius 1 is 1.00 bits per heavy atom. The Balaban J connectivity index is 1.30. The van der Waals surface area contributed by atoms with E-state index >= 15 is 0 Å². The van der Waals surface area contributed by atoms with Crippen LogP contribution in [0.2, 0.25) is 0 Å². The van der Waals surface area contributed by atoms with E-state index in [0.29, 0.717) is 26.1 Å². The lowest BCUT2D eigenvalue weighted by molar-refractivity contribution is -0.122. The first-order chi connectivity index (χ1) is 14.2. The van der Waals surface area contributed by atoms with Crippen molar-refractivity contribution in [3.63, 3.8) is 0 Å². The molecule has 0 atom stereocenters. The van der Waals surface area contributed by atoms with Gasteiger partial charge in [-0.1, -0.05) is 42.5 Å². The highest BCUT2D eigenvalue weighted by Gasteiger charge is 2.20. The summed E-state index contributed by atoms with van der Waals surface area (Å²) in [5.74, 6) is 1.61. The van der Waals surface area contributed by atoms with Gasteiger partial charge < -0.3 is 14.8 Å². The van der Waals surface area contributed by atoms with Crippen molar-refractivity contribution in [2.24, 2.45) is 0 Å². The molecule has 1 amide bonds. The molecule has 1 aliphatic rings. The second kappa shape index (κ2) is 11.5. The third-order valence-electron chi connectivity index (χ3n) is 5.16. The summed E-state index contributed by atoms with van der Waals surface area (Å²) in [6, 6.07) is 18.5. The fourth-order valence-electron chi connectivity index (χ4n) is 3.64. The quantitative estimate of drug-likeness (QED) is 0.616. The number of hydrogen-bond donors (Lipinski definition) is 1. The number of ether oxygens (including phenoxy) is 2. The summed E-state index contributed by atoms with van der Waals surface area (Å²) in [4.78, 5) is 14.7. The van der Waals surface area contributed by atoms with Gasteiger partial charge >= 0.3 is 0 Å². The maximum atomic E-state index is 12.3. The van der Waals surface area contributed by atoms with Crippen LogP contribution in [0.5, 0.6) is 11.5 Å². The SMILES string of the molecule is CCOc1ccccc1OCCCC(=O)NC1CCN(Cc2ccccc2)CC1. The number of hydrogen-bond acceptors (Lipinski definition) is 4. The minimum atomic E-state index is 0.119. The smallest absolute Gasteiger partial charge is 0.220 e. The second-order valence-corrected chi connectivity index (χ2v) is 7.44. The average Bonchev–Trinajstić information content (AvgIpc) is 2.75. The van der Waals surface area contributed by atoms with Gasteiger partial charge in [0.15, 0.2) is 11.5 Å². The zero-order valence-corrected chi connectivity index (χ0v) is 17.3. The number of para-hydroxylation sites is 2. The van der Waals surface area contributed by atoms with E-state index in [1.54, 1.807) is 0 Å². The van der Waals surface area contributed by atoms with Crippen LogP contribution in [0.1, 0.15) is 38.2 Å². The zero-order chi connectivity index (χ0) is 20.3. The Morgan fingerprint density at radius 3 is 2.34 bits per heavy atom. The maximum Gasteiger partial charge on any atom is 0.220 e. The Bertz CT molecular complexity index is 743. The molecule has 0 unspecified atom stereocenters. The molecule has 1 fully saturated rings. The first-order valence-corrected chi connectivity index (χ1v) is 10.6. The average molecular weight is 397 g/mol. The summed E-state index contributed by atoms with van der Waals surface area (Å²) in [6.45, 7) is 6.10. The number of nitrogens with one attached hydrogen (secondary N) is 1. The van der Waals surface area contributed by atoms with Crippen molar-refractivity contribution >= 4 is 5.91 Å². The van der Waals surface area contributed by atoms with Gasteiger partial charge in [0, 0.05) is 32.1 Å². The minimum Gasteiger partial charge on any atom is -0.490 e. The van der Waals surface area contributed by atoms with E-state index in [1.165, 1.54) is 5.56 Å². The Labute approximate surface area is 174 Å². The molecule has 5 nitrogen and oxygen atoms in total. The Morgan fingerprint density at radius 2 is 1.66 bits per heavy atom. The van der Waals surface area contributed by atoms with Gasteiger partial charge in [-0.25, -0.2) is 0 Å². The van der Waals surface area contributed by atoms with E-state index in [-0.39, 0.29) is 11.9 Å². The van der Waals surface area contributed by atoms with Crippen LogP contribution in [0.4, 0.5) is 0 Å². The van der Waals surface area contributed by atoms with Gasteiger partial charge in [-0.15, -0.1) is 0 Å². The summed E-state index contributed by atoms with van der Waals surface area (Å²) in [7, 11) is 0. The lowest BCUT2D eigenvalue weighted by Gasteiger charge is -2.32. The van der Waals surface area contributed by atoms with E-state index in [9.17, 15) is 4.79 Å². The lowest BCUT2D eigenvalue weighted by atomic mass is 10.0. The molecule has 1 aliphatic heterocycles. The van der Waals surface area contributed by atoms with Gasteiger partial charge in [-0.3, -0.25) is 9.69 Å². The molecule has 2 aromatic rings. The van der Waals surface area contributed by atoms with Gasteiger partial charge in [-0.05, 0) is 43.9 Å². The first-order valence-electron chi connectivity index (χ1n) is 10.6. The van der Waals surface area contributed by atoms with Crippen LogP contribution in [-0.2, 0) is 11.3 Å². The number of rotatable bonds is 10. The molecule has 0 bridgehead atoms. The molecule has 0 aromatic heterocycles. The summed E-state index contributed by atoms with van der Waals surface area (Å²) >= 11 is 0. The fraction of sp³-hybridized carbons (Fsp3) is 0.458. The van der Waals surface area contributed by atoms with E-state index in [0.717, 1.165) is 44.0 Å². The van der Waals surface area contributed by atoms with Gasteiger partial charge in [0.05, 0.1) is 13.2 Å². The number of amides is 1. The van der Waals surface area contributed by atoms with Crippen LogP contribution in [0.25, 0.3) is 0 Å². The number of nitrogens with zero attached hydrogens (tertiary/aromatic N) is 1. The van der Waals surface area contributed by atoms with E-state index < -0.39 is 0 Å². The molecule has 0 saturated carbocycles. The predicted octanol–water partition coefficient (Wildman–Crippen LogP) is 4.03. The highest BCUT2D eigenvalue weighted by atomic mass is 16.5. The number of carbonyl (C=O) groups is 1. The zero-order valence-electron chi connectivity index (χ0n) is 17.3. The number of likely N-dealkylation sites (tertiary alicyclic amines) is 1. The topological polar surface area (TPSA) is 50.8 Å². The van der Waals surface area contributed by atoms with E-state index in [1.807, 2.05) is 37.3 Å². The van der Waals surface area contributed by atoms with Crippen LogP contribution in [0, 0.1) is 0 Å². The number of carbonyl (C=O) groups excluding carboxylic acids is 1. The molecule has 1 heterocycles. The number of piperidine rings is 1. The molecular formula is C24H32N2O3. The fourth-order valence-corrected chi connectivity index (χ4v) is 3.64. The summed E-state index contributed by atoms with van der Waals surface area (Å²) in [5, 5.41) is 3.19. The summed E-state index contributed by atoms with van der Waals surface area (Å²) in [6.07, 6.45) is 3.20. The Hall–Kier alpha value is -2.53. The first kappa shape index (κ1) is 21.2. The summed E-state index contributed by atoms with van der Waals surface area (Å²) in [5.41, 5.74) is 1.35. The van der Waals surface area contributed by atoms with Crippen molar-refractivity contribution in [2.45, 2.75) is 45.2 Å². The van der Waals surface area contributed by atoms with Crippen LogP contribution in [-0.4, -0.2) is 43.2 Å². The van der Waals surface area contributed by atoms with Crippen LogP contribution < -0.4 is 14.8 Å². The molecular weight excluding hydrogens is 364 g/mol. The van der Waals surface area contributed by atoms with Crippen LogP contribution in [0.15, 0.2) is 54.6 Å². The molecule has 3 rings (SSSR count). The summed E-state index contributed by atoms with van der Waals surface area (Å²) < 4.78 is 11.3. The molecule has 156 valence electrons.